The monoisotopic (exact) mass is 972 g/mol. The molecule has 374 valence electrons. The lowest BCUT2D eigenvalue weighted by molar-refractivity contribution is -0.349. The van der Waals surface area contributed by atoms with E-state index in [1.807, 2.05) is 212 Å². The van der Waals surface area contributed by atoms with Crippen LogP contribution in [0.2, 0.25) is 0 Å². The van der Waals surface area contributed by atoms with Crippen molar-refractivity contribution >= 4 is 0 Å². The second-order valence-corrected chi connectivity index (χ2v) is 18.0. The molecule has 2 aliphatic rings. The van der Waals surface area contributed by atoms with Crippen LogP contribution >= 0.6 is 0 Å². The van der Waals surface area contributed by atoms with Gasteiger partial charge in [-0.1, -0.05) is 212 Å². The van der Waals surface area contributed by atoms with Crippen molar-refractivity contribution in [3.63, 3.8) is 0 Å². The summed E-state index contributed by atoms with van der Waals surface area (Å²) in [5.74, 6) is 0. The molecule has 72 heavy (non-hydrogen) atoms. The zero-order valence-corrected chi connectivity index (χ0v) is 40.4. The van der Waals surface area contributed by atoms with Crippen molar-refractivity contribution in [2.45, 2.75) is 108 Å². The molecule has 11 heteroatoms. The summed E-state index contributed by atoms with van der Waals surface area (Å²) in [6.45, 7) is 1.89. The molecule has 2 saturated heterocycles. The van der Waals surface area contributed by atoms with E-state index in [0.717, 1.165) is 38.9 Å². The molecule has 0 amide bonds. The van der Waals surface area contributed by atoms with Gasteiger partial charge in [0.25, 0.3) is 0 Å². The molecule has 0 bridgehead atoms. The molecular weight excluding hydrogens is 909 g/mol. The van der Waals surface area contributed by atoms with E-state index in [1.165, 1.54) is 0 Å². The summed E-state index contributed by atoms with van der Waals surface area (Å²) in [5.41, 5.74) is 6.80. The van der Waals surface area contributed by atoms with Gasteiger partial charge in [0.05, 0.1) is 59.5 Å². The molecule has 7 aromatic rings. The molecule has 0 spiro atoms. The van der Waals surface area contributed by atoms with Gasteiger partial charge in [0.2, 0.25) is 0 Å². The van der Waals surface area contributed by atoms with Crippen LogP contribution in [0.5, 0.6) is 0 Å². The topological polar surface area (TPSA) is 113 Å². The maximum atomic E-state index is 12.0. The van der Waals surface area contributed by atoms with Crippen molar-refractivity contribution in [3.8, 4) is 0 Å². The summed E-state index contributed by atoms with van der Waals surface area (Å²) in [5, 5.41) is 12.0. The molecule has 10 atom stereocenters. The molecular formula is C61H64O11. The van der Waals surface area contributed by atoms with Crippen LogP contribution in [0.3, 0.4) is 0 Å². The number of rotatable bonds is 25. The Hall–Kier alpha value is -5.90. The van der Waals surface area contributed by atoms with Crippen LogP contribution < -0.4 is 0 Å². The standard InChI is InChI=1S/C61H64O11/c62-60-58(68-41-50-32-18-6-19-33-50)56(66-39-48-28-14-4-15-29-48)55(65-38-47-26-12-3-13-27-47)53(71-60)44-70-61-59(69-42-51-34-20-7-21-35-51)57(67-40-49-30-16-5-17-31-49)54(64-37-46-24-10-2-11-25-46)52(72-61)43-63-36-45-22-8-1-9-23-45/h1-35,52-62H,36-44H2/t52?,53?,54-,55+,56?,57?,58?,59?,60-,61-/m0/s1. The Morgan fingerprint density at radius 3 is 0.917 bits per heavy atom. The molecule has 2 aliphatic heterocycles. The summed E-state index contributed by atoms with van der Waals surface area (Å²) in [4.78, 5) is 0. The van der Waals surface area contributed by atoms with Gasteiger partial charge in [-0.2, -0.15) is 0 Å². The quantitative estimate of drug-likeness (QED) is 0.0591. The van der Waals surface area contributed by atoms with Crippen molar-refractivity contribution < 1.29 is 52.5 Å². The summed E-state index contributed by atoms with van der Waals surface area (Å²) < 4.78 is 67.9. The Morgan fingerprint density at radius 2 is 0.556 bits per heavy atom. The summed E-state index contributed by atoms with van der Waals surface area (Å²) in [6, 6.07) is 69.7. The van der Waals surface area contributed by atoms with Crippen molar-refractivity contribution in [2.75, 3.05) is 13.2 Å². The number of aliphatic hydroxyl groups excluding tert-OH is 1. The van der Waals surface area contributed by atoms with Crippen LogP contribution in [-0.2, 0) is 93.6 Å². The number of hydrogen-bond acceptors (Lipinski definition) is 11. The van der Waals surface area contributed by atoms with Crippen LogP contribution in [0, 0.1) is 0 Å². The first-order valence-electron chi connectivity index (χ1n) is 24.8. The van der Waals surface area contributed by atoms with Gasteiger partial charge >= 0.3 is 0 Å². The molecule has 0 aromatic heterocycles. The molecule has 11 nitrogen and oxygen atoms in total. The molecule has 7 aromatic carbocycles. The van der Waals surface area contributed by atoms with E-state index in [0.29, 0.717) is 6.61 Å². The highest BCUT2D eigenvalue weighted by Gasteiger charge is 2.52. The smallest absolute Gasteiger partial charge is 0.187 e. The Balaban J connectivity index is 1.04. The van der Waals surface area contributed by atoms with Gasteiger partial charge in [-0.05, 0) is 38.9 Å². The summed E-state index contributed by atoms with van der Waals surface area (Å²) in [7, 11) is 0. The molecule has 0 saturated carbocycles. The molecule has 0 radical (unpaired) electrons. The SMILES string of the molecule is O[C@H]1OC(CO[C@H]2OC(COCc3ccccc3)[C@H](OCc3ccccc3)C(OCc3ccccc3)C2OCc2ccccc2)[C@@H](OCc2ccccc2)C(OCc2ccccc2)C1OCc1ccccc1. The van der Waals surface area contributed by atoms with Crippen LogP contribution in [-0.4, -0.2) is 79.7 Å². The van der Waals surface area contributed by atoms with Gasteiger partial charge in [0.15, 0.2) is 12.6 Å². The minimum Gasteiger partial charge on any atom is -0.374 e. The van der Waals surface area contributed by atoms with E-state index in [2.05, 4.69) is 0 Å². The van der Waals surface area contributed by atoms with E-state index < -0.39 is 61.4 Å². The van der Waals surface area contributed by atoms with E-state index in [4.69, 9.17) is 47.4 Å². The number of aliphatic hydroxyl groups is 1. The second-order valence-electron chi connectivity index (χ2n) is 18.0. The number of hydrogen-bond donors (Lipinski definition) is 1. The van der Waals surface area contributed by atoms with Crippen LogP contribution in [0.15, 0.2) is 212 Å². The highest BCUT2D eigenvalue weighted by Crippen LogP contribution is 2.34. The fraction of sp³-hybridized carbons (Fsp3) is 0.311. The van der Waals surface area contributed by atoms with E-state index >= 15 is 0 Å². The zero-order chi connectivity index (χ0) is 49.0. The highest BCUT2D eigenvalue weighted by atomic mass is 16.7. The first kappa shape index (κ1) is 51.0. The maximum Gasteiger partial charge on any atom is 0.187 e. The Bertz CT molecular complexity index is 2550. The van der Waals surface area contributed by atoms with Crippen LogP contribution in [0.25, 0.3) is 0 Å². The van der Waals surface area contributed by atoms with Gasteiger partial charge in [0.1, 0.15) is 48.8 Å². The van der Waals surface area contributed by atoms with Crippen LogP contribution in [0.4, 0.5) is 0 Å². The predicted octanol–water partition coefficient (Wildman–Crippen LogP) is 10.2. The highest BCUT2D eigenvalue weighted by molar-refractivity contribution is 5.19. The molecule has 2 heterocycles. The molecule has 1 N–H and O–H groups in total. The third kappa shape index (κ3) is 14.8. The van der Waals surface area contributed by atoms with Crippen LogP contribution in [0.1, 0.15) is 38.9 Å². The van der Waals surface area contributed by atoms with Gasteiger partial charge < -0.3 is 52.5 Å². The van der Waals surface area contributed by atoms with E-state index in [1.54, 1.807) is 0 Å². The summed E-state index contributed by atoms with van der Waals surface area (Å²) >= 11 is 0. The van der Waals surface area contributed by atoms with Crippen molar-refractivity contribution in [1.29, 1.82) is 0 Å². The molecule has 0 aliphatic carbocycles. The first-order chi connectivity index (χ1) is 35.6. The Labute approximate surface area is 423 Å². The van der Waals surface area contributed by atoms with E-state index in [9.17, 15) is 5.11 Å². The number of ether oxygens (including phenoxy) is 10. The minimum atomic E-state index is -1.41. The first-order valence-corrected chi connectivity index (χ1v) is 24.8. The van der Waals surface area contributed by atoms with Gasteiger partial charge in [-0.25, -0.2) is 0 Å². The lowest BCUT2D eigenvalue weighted by atomic mass is 9.97. The third-order valence-corrected chi connectivity index (χ3v) is 12.7. The zero-order valence-electron chi connectivity index (χ0n) is 40.4. The lowest BCUT2D eigenvalue weighted by Crippen LogP contribution is -2.63. The maximum absolute atomic E-state index is 12.0. The predicted molar refractivity (Wildman–Crippen MR) is 272 cm³/mol. The number of benzene rings is 7. The largest absolute Gasteiger partial charge is 0.374 e. The Morgan fingerprint density at radius 1 is 0.278 bits per heavy atom. The molecule has 2 fully saturated rings. The third-order valence-electron chi connectivity index (χ3n) is 12.7. The molecule has 9 rings (SSSR count). The molecule has 6 unspecified atom stereocenters. The lowest BCUT2D eigenvalue weighted by Gasteiger charge is -2.47. The van der Waals surface area contributed by atoms with Crippen molar-refractivity contribution in [3.05, 3.63) is 251 Å². The average Bonchev–Trinajstić information content (AvgIpc) is 3.44. The normalized spacial score (nSPS) is 24.2. The Kier molecular flexibility index (Phi) is 19.3. The van der Waals surface area contributed by atoms with Gasteiger partial charge in [-0.15, -0.1) is 0 Å². The van der Waals surface area contributed by atoms with Gasteiger partial charge in [0, 0.05) is 0 Å². The van der Waals surface area contributed by atoms with Crippen molar-refractivity contribution in [2.24, 2.45) is 0 Å². The summed E-state index contributed by atoms with van der Waals surface area (Å²) in [6.07, 6.45) is -8.74. The van der Waals surface area contributed by atoms with Gasteiger partial charge in [-0.3, -0.25) is 0 Å². The fourth-order valence-electron chi connectivity index (χ4n) is 8.97. The van der Waals surface area contributed by atoms with E-state index in [-0.39, 0.29) is 52.9 Å². The minimum absolute atomic E-state index is 0.0957. The average molecular weight is 973 g/mol. The second kappa shape index (κ2) is 27.2. The van der Waals surface area contributed by atoms with Crippen molar-refractivity contribution in [1.82, 2.24) is 0 Å². The fourth-order valence-corrected chi connectivity index (χ4v) is 8.97.